The van der Waals surface area contributed by atoms with Gasteiger partial charge in [-0.3, -0.25) is 8.98 Å². The molecule has 122 valence electrons. The molecule has 0 amide bonds. The Hall–Kier alpha value is -2.18. The van der Waals surface area contributed by atoms with Gasteiger partial charge in [-0.05, 0) is 23.3 Å². The van der Waals surface area contributed by atoms with E-state index >= 15 is 0 Å². The van der Waals surface area contributed by atoms with E-state index < -0.39 is 16.7 Å². The van der Waals surface area contributed by atoms with Gasteiger partial charge in [0.25, 0.3) is 10.1 Å². The molecule has 0 aliphatic rings. The molecule has 0 unspecified atom stereocenters. The maximum atomic E-state index is 11.7. The second-order valence-electron chi connectivity index (χ2n) is 5.22. The minimum absolute atomic E-state index is 0.135. The fraction of sp³-hybridized carbons (Fsp3) is 0.235. The number of anilines is 1. The standard InChI is InChI=1S/C17H19NO4S/c1-23(20,21)22-13-17(19)11-15-8-5-9-16(10-15)18-12-14-6-3-2-4-7-14/h2-10,18H,11-13H2,1H3. The van der Waals surface area contributed by atoms with E-state index in [0.29, 0.717) is 6.54 Å². The molecule has 0 saturated heterocycles. The number of ketones is 1. The summed E-state index contributed by atoms with van der Waals surface area (Å²) in [5.74, 6) is -0.282. The number of rotatable bonds is 8. The van der Waals surface area contributed by atoms with Crippen molar-refractivity contribution in [3.05, 3.63) is 65.7 Å². The van der Waals surface area contributed by atoms with Gasteiger partial charge >= 0.3 is 0 Å². The van der Waals surface area contributed by atoms with Gasteiger partial charge in [-0.1, -0.05) is 42.5 Å². The Morgan fingerprint density at radius 2 is 1.74 bits per heavy atom. The molecule has 23 heavy (non-hydrogen) atoms. The Bertz CT molecular complexity index is 757. The van der Waals surface area contributed by atoms with E-state index in [2.05, 4.69) is 9.50 Å². The van der Waals surface area contributed by atoms with Gasteiger partial charge in [0.2, 0.25) is 0 Å². The fourth-order valence-corrected chi connectivity index (χ4v) is 2.39. The molecule has 0 aliphatic heterocycles. The molecule has 1 N–H and O–H groups in total. The molecule has 2 aromatic carbocycles. The molecule has 0 bridgehead atoms. The predicted octanol–water partition coefficient (Wildman–Crippen LogP) is 2.39. The first-order valence-corrected chi connectivity index (χ1v) is 8.97. The number of hydrogen-bond acceptors (Lipinski definition) is 5. The summed E-state index contributed by atoms with van der Waals surface area (Å²) >= 11 is 0. The summed E-state index contributed by atoms with van der Waals surface area (Å²) in [5, 5.41) is 3.29. The second-order valence-corrected chi connectivity index (χ2v) is 6.87. The van der Waals surface area contributed by atoms with Crippen molar-refractivity contribution in [2.75, 3.05) is 18.2 Å². The summed E-state index contributed by atoms with van der Waals surface area (Å²) in [7, 11) is -3.59. The lowest BCUT2D eigenvalue weighted by molar-refractivity contribution is -0.120. The molecule has 0 heterocycles. The zero-order chi connectivity index (χ0) is 16.7. The average molecular weight is 333 g/mol. The number of benzene rings is 2. The van der Waals surface area contributed by atoms with E-state index in [1.807, 2.05) is 54.6 Å². The van der Waals surface area contributed by atoms with Crippen LogP contribution in [-0.2, 0) is 32.1 Å². The van der Waals surface area contributed by atoms with Gasteiger partial charge in [0, 0.05) is 18.7 Å². The first kappa shape index (κ1) is 17.2. The SMILES string of the molecule is CS(=O)(=O)OCC(=O)Cc1cccc(NCc2ccccc2)c1. The Morgan fingerprint density at radius 1 is 1.04 bits per heavy atom. The van der Waals surface area contributed by atoms with Crippen LogP contribution >= 0.6 is 0 Å². The largest absolute Gasteiger partial charge is 0.381 e. The Kier molecular flexibility index (Phi) is 5.90. The average Bonchev–Trinajstić information content (AvgIpc) is 2.52. The number of nitrogens with one attached hydrogen (secondary N) is 1. The third-order valence-electron chi connectivity index (χ3n) is 3.10. The summed E-state index contributed by atoms with van der Waals surface area (Å²) in [6.45, 7) is 0.260. The molecule has 6 heteroatoms. The Balaban J connectivity index is 1.90. The normalized spacial score (nSPS) is 11.2. The Labute approximate surface area is 136 Å². The van der Waals surface area contributed by atoms with Crippen molar-refractivity contribution in [1.82, 2.24) is 0 Å². The van der Waals surface area contributed by atoms with E-state index in [9.17, 15) is 13.2 Å². The summed E-state index contributed by atoms with van der Waals surface area (Å²) < 4.78 is 26.3. The van der Waals surface area contributed by atoms with E-state index in [1.54, 1.807) is 0 Å². The number of Topliss-reactive ketones (excluding diaryl/α,β-unsaturated/α-hetero) is 1. The zero-order valence-electron chi connectivity index (χ0n) is 12.9. The molecule has 0 saturated carbocycles. The van der Waals surface area contributed by atoms with Crippen molar-refractivity contribution in [3.63, 3.8) is 0 Å². The van der Waals surface area contributed by atoms with Crippen LogP contribution in [-0.4, -0.2) is 27.1 Å². The maximum absolute atomic E-state index is 11.7. The smallest absolute Gasteiger partial charge is 0.264 e. The maximum Gasteiger partial charge on any atom is 0.264 e. The van der Waals surface area contributed by atoms with Crippen LogP contribution in [0.4, 0.5) is 5.69 Å². The van der Waals surface area contributed by atoms with Crippen LogP contribution in [0.1, 0.15) is 11.1 Å². The van der Waals surface area contributed by atoms with Crippen LogP contribution in [0.25, 0.3) is 0 Å². The van der Waals surface area contributed by atoms with Crippen molar-refractivity contribution in [1.29, 1.82) is 0 Å². The molecule has 0 atom stereocenters. The number of carbonyl (C=O) groups excluding carboxylic acids is 1. The van der Waals surface area contributed by atoms with Gasteiger partial charge in [0.1, 0.15) is 6.61 Å². The van der Waals surface area contributed by atoms with Gasteiger partial charge in [-0.2, -0.15) is 8.42 Å². The Morgan fingerprint density at radius 3 is 2.43 bits per heavy atom. The predicted molar refractivity (Wildman–Crippen MR) is 89.7 cm³/mol. The van der Waals surface area contributed by atoms with E-state index in [-0.39, 0.29) is 12.2 Å². The van der Waals surface area contributed by atoms with Gasteiger partial charge in [-0.15, -0.1) is 0 Å². The summed E-state index contributed by atoms with van der Waals surface area (Å²) in [4.78, 5) is 11.7. The van der Waals surface area contributed by atoms with Gasteiger partial charge in [0.15, 0.2) is 5.78 Å². The highest BCUT2D eigenvalue weighted by Gasteiger charge is 2.09. The van der Waals surface area contributed by atoms with E-state index in [0.717, 1.165) is 23.1 Å². The molecule has 0 fully saturated rings. The summed E-state index contributed by atoms with van der Waals surface area (Å²) in [6, 6.07) is 17.5. The lowest BCUT2D eigenvalue weighted by atomic mass is 10.1. The van der Waals surface area contributed by atoms with Crippen molar-refractivity contribution in [3.8, 4) is 0 Å². The topological polar surface area (TPSA) is 72.5 Å². The monoisotopic (exact) mass is 333 g/mol. The number of hydrogen-bond donors (Lipinski definition) is 1. The lowest BCUT2D eigenvalue weighted by Gasteiger charge is -2.08. The van der Waals surface area contributed by atoms with Crippen LogP contribution in [0.5, 0.6) is 0 Å². The van der Waals surface area contributed by atoms with Crippen LogP contribution < -0.4 is 5.32 Å². The number of carbonyl (C=O) groups is 1. The van der Waals surface area contributed by atoms with E-state index in [1.165, 1.54) is 0 Å². The molecular formula is C17H19NO4S. The van der Waals surface area contributed by atoms with Crippen molar-refractivity contribution >= 4 is 21.6 Å². The molecule has 5 nitrogen and oxygen atoms in total. The van der Waals surface area contributed by atoms with Crippen molar-refractivity contribution in [2.45, 2.75) is 13.0 Å². The van der Waals surface area contributed by atoms with E-state index in [4.69, 9.17) is 0 Å². The molecular weight excluding hydrogens is 314 g/mol. The minimum Gasteiger partial charge on any atom is -0.381 e. The van der Waals surface area contributed by atoms with Crippen LogP contribution in [0.3, 0.4) is 0 Å². The van der Waals surface area contributed by atoms with Crippen molar-refractivity contribution < 1.29 is 17.4 Å². The highest BCUT2D eigenvalue weighted by Crippen LogP contribution is 2.13. The first-order valence-electron chi connectivity index (χ1n) is 7.15. The molecule has 0 spiro atoms. The summed E-state index contributed by atoms with van der Waals surface area (Å²) in [6.07, 6.45) is 1.06. The van der Waals surface area contributed by atoms with Crippen LogP contribution in [0, 0.1) is 0 Å². The summed E-state index contributed by atoms with van der Waals surface area (Å²) in [5.41, 5.74) is 2.88. The third kappa shape index (κ3) is 6.63. The van der Waals surface area contributed by atoms with Crippen LogP contribution in [0.2, 0.25) is 0 Å². The van der Waals surface area contributed by atoms with Gasteiger partial charge in [0.05, 0.1) is 6.26 Å². The van der Waals surface area contributed by atoms with Crippen molar-refractivity contribution in [2.24, 2.45) is 0 Å². The minimum atomic E-state index is -3.59. The fourth-order valence-electron chi connectivity index (χ4n) is 2.04. The lowest BCUT2D eigenvalue weighted by Crippen LogP contribution is -2.15. The second kappa shape index (κ2) is 7.89. The molecule has 0 aliphatic carbocycles. The molecule has 2 aromatic rings. The zero-order valence-corrected chi connectivity index (χ0v) is 13.7. The molecule has 0 aromatic heterocycles. The third-order valence-corrected chi connectivity index (χ3v) is 3.65. The van der Waals surface area contributed by atoms with Crippen LogP contribution in [0.15, 0.2) is 54.6 Å². The first-order chi connectivity index (χ1) is 10.9. The molecule has 0 radical (unpaired) electrons. The molecule has 2 rings (SSSR count). The van der Waals surface area contributed by atoms with Gasteiger partial charge in [-0.25, -0.2) is 0 Å². The highest BCUT2D eigenvalue weighted by atomic mass is 32.2. The quantitative estimate of drug-likeness (QED) is 0.751. The van der Waals surface area contributed by atoms with Gasteiger partial charge < -0.3 is 5.32 Å². The highest BCUT2D eigenvalue weighted by molar-refractivity contribution is 7.86.